The minimum absolute atomic E-state index is 0.0701. The van der Waals surface area contributed by atoms with Crippen molar-refractivity contribution in [1.29, 1.82) is 0 Å². The molecule has 20 heavy (non-hydrogen) atoms. The monoisotopic (exact) mass is 292 g/mol. The summed E-state index contributed by atoms with van der Waals surface area (Å²) in [5.41, 5.74) is 8.70. The second-order valence-corrected chi connectivity index (χ2v) is 6.43. The Morgan fingerprint density at radius 1 is 1.50 bits per heavy atom. The number of carbonyl (C=O) groups excluding carboxylic acids is 1. The Bertz CT molecular complexity index is 464. The van der Waals surface area contributed by atoms with E-state index in [0.717, 1.165) is 31.4 Å². The number of carbonyl (C=O) groups is 1. The Balaban J connectivity index is 2.10. The van der Waals surface area contributed by atoms with Crippen LogP contribution in [0.25, 0.3) is 0 Å². The zero-order valence-electron chi connectivity index (χ0n) is 12.3. The maximum atomic E-state index is 12.4. The van der Waals surface area contributed by atoms with Crippen LogP contribution in [0.15, 0.2) is 24.3 Å². The Kier molecular flexibility index (Phi) is 5.49. The third-order valence-electron chi connectivity index (χ3n) is 4.10. The number of fused-ring (bicyclic) bond motifs is 1. The highest BCUT2D eigenvalue weighted by atomic mass is 32.2. The van der Waals surface area contributed by atoms with Gasteiger partial charge in [-0.3, -0.25) is 4.79 Å². The third-order valence-corrected chi connectivity index (χ3v) is 4.75. The van der Waals surface area contributed by atoms with Gasteiger partial charge < -0.3 is 10.6 Å². The highest BCUT2D eigenvalue weighted by Crippen LogP contribution is 2.33. The fourth-order valence-corrected chi connectivity index (χ4v) is 3.40. The Hall–Kier alpha value is -1.00. The molecule has 2 atom stereocenters. The summed E-state index contributed by atoms with van der Waals surface area (Å²) < 4.78 is 0. The van der Waals surface area contributed by atoms with Gasteiger partial charge in [0.25, 0.3) is 0 Å². The second kappa shape index (κ2) is 7.14. The van der Waals surface area contributed by atoms with E-state index in [9.17, 15) is 4.79 Å². The predicted octanol–water partition coefficient (Wildman–Crippen LogP) is 2.60. The normalized spacial score (nSPS) is 19.2. The zero-order valence-corrected chi connectivity index (χ0v) is 13.2. The molecule has 1 aromatic rings. The highest BCUT2D eigenvalue weighted by molar-refractivity contribution is 7.98. The molecule has 1 aliphatic rings. The van der Waals surface area contributed by atoms with Gasteiger partial charge in [-0.05, 0) is 48.8 Å². The molecule has 1 amide bonds. The highest BCUT2D eigenvalue weighted by Gasteiger charge is 2.28. The molecule has 0 spiro atoms. The number of amides is 1. The average Bonchev–Trinajstić information content (AvgIpc) is 2.50. The first-order valence-electron chi connectivity index (χ1n) is 7.24. The maximum Gasteiger partial charge on any atom is 0.239 e. The van der Waals surface area contributed by atoms with Crippen molar-refractivity contribution in [2.75, 3.05) is 19.1 Å². The molecular formula is C16H24N2OS. The Morgan fingerprint density at radius 3 is 3.00 bits per heavy atom. The van der Waals surface area contributed by atoms with Gasteiger partial charge in [0.1, 0.15) is 0 Å². The lowest BCUT2D eigenvalue weighted by Gasteiger charge is -2.34. The van der Waals surface area contributed by atoms with Crippen LogP contribution in [0, 0.1) is 0 Å². The van der Waals surface area contributed by atoms with Gasteiger partial charge in [0, 0.05) is 7.05 Å². The van der Waals surface area contributed by atoms with E-state index in [0.29, 0.717) is 0 Å². The van der Waals surface area contributed by atoms with Crippen LogP contribution in [0.1, 0.15) is 36.4 Å². The molecule has 0 aromatic heterocycles. The Labute approximate surface area is 125 Å². The summed E-state index contributed by atoms with van der Waals surface area (Å²) in [6.45, 7) is 0. The standard InChI is InChI=1S/C16H24N2OS/c1-18(16(19)14(17)10-11-20-2)15-9-5-7-12-6-3-4-8-13(12)15/h3-4,6,8,14-15H,5,7,9-11,17H2,1-2H3/t14-,15?/m1/s1. The van der Waals surface area contributed by atoms with Crippen molar-refractivity contribution >= 4 is 17.7 Å². The molecule has 0 fully saturated rings. The smallest absolute Gasteiger partial charge is 0.239 e. The topological polar surface area (TPSA) is 46.3 Å². The largest absolute Gasteiger partial charge is 0.337 e. The molecule has 3 nitrogen and oxygen atoms in total. The molecule has 0 saturated carbocycles. The van der Waals surface area contributed by atoms with E-state index in [-0.39, 0.29) is 18.0 Å². The predicted molar refractivity (Wildman–Crippen MR) is 85.9 cm³/mol. The van der Waals surface area contributed by atoms with E-state index < -0.39 is 0 Å². The number of rotatable bonds is 5. The number of aryl methyl sites for hydroxylation is 1. The van der Waals surface area contributed by atoms with E-state index in [1.807, 2.05) is 18.2 Å². The number of likely N-dealkylation sites (N-methyl/N-ethyl adjacent to an activating group) is 1. The summed E-state index contributed by atoms with van der Waals surface area (Å²) in [5, 5.41) is 0. The number of hydrogen-bond acceptors (Lipinski definition) is 3. The fraction of sp³-hybridized carbons (Fsp3) is 0.562. The van der Waals surface area contributed by atoms with Crippen molar-refractivity contribution in [3.63, 3.8) is 0 Å². The van der Waals surface area contributed by atoms with Crippen LogP contribution in [0.4, 0.5) is 0 Å². The van der Waals surface area contributed by atoms with Gasteiger partial charge in [-0.2, -0.15) is 11.8 Å². The van der Waals surface area contributed by atoms with Crippen molar-refractivity contribution in [3.8, 4) is 0 Å². The van der Waals surface area contributed by atoms with Crippen LogP contribution in [-0.4, -0.2) is 35.9 Å². The number of hydrogen-bond donors (Lipinski definition) is 1. The minimum Gasteiger partial charge on any atom is -0.337 e. The van der Waals surface area contributed by atoms with Gasteiger partial charge in [-0.1, -0.05) is 24.3 Å². The number of nitrogens with two attached hydrogens (primary N) is 1. The summed E-state index contributed by atoms with van der Waals surface area (Å²) in [5.74, 6) is 1.00. The van der Waals surface area contributed by atoms with Gasteiger partial charge in [0.05, 0.1) is 12.1 Å². The van der Waals surface area contributed by atoms with E-state index >= 15 is 0 Å². The van der Waals surface area contributed by atoms with Crippen molar-refractivity contribution in [3.05, 3.63) is 35.4 Å². The van der Waals surface area contributed by atoms with Gasteiger partial charge in [-0.25, -0.2) is 0 Å². The molecule has 2 rings (SSSR count). The number of nitrogens with zero attached hydrogens (tertiary/aromatic N) is 1. The van der Waals surface area contributed by atoms with E-state index in [1.165, 1.54) is 11.1 Å². The quantitative estimate of drug-likeness (QED) is 0.907. The van der Waals surface area contributed by atoms with Crippen molar-refractivity contribution in [2.45, 2.75) is 37.8 Å². The van der Waals surface area contributed by atoms with E-state index in [4.69, 9.17) is 5.73 Å². The van der Waals surface area contributed by atoms with Crippen LogP contribution >= 0.6 is 11.8 Å². The van der Waals surface area contributed by atoms with Crippen molar-refractivity contribution in [2.24, 2.45) is 5.73 Å². The van der Waals surface area contributed by atoms with E-state index in [2.05, 4.69) is 24.3 Å². The molecule has 0 aliphatic heterocycles. The fourth-order valence-electron chi connectivity index (χ4n) is 2.91. The van der Waals surface area contributed by atoms with E-state index in [1.54, 1.807) is 11.8 Å². The zero-order chi connectivity index (χ0) is 14.5. The van der Waals surface area contributed by atoms with Crippen LogP contribution in [-0.2, 0) is 11.2 Å². The van der Waals surface area contributed by atoms with Crippen LogP contribution in [0.3, 0.4) is 0 Å². The van der Waals surface area contributed by atoms with Crippen molar-refractivity contribution < 1.29 is 4.79 Å². The number of benzene rings is 1. The summed E-state index contributed by atoms with van der Waals surface area (Å²) >= 11 is 1.73. The number of thioether (sulfide) groups is 1. The molecule has 2 N–H and O–H groups in total. The minimum atomic E-state index is -0.374. The van der Waals surface area contributed by atoms with Gasteiger partial charge in [0.15, 0.2) is 0 Å². The van der Waals surface area contributed by atoms with Crippen LogP contribution in [0.5, 0.6) is 0 Å². The summed E-state index contributed by atoms with van der Waals surface area (Å²) in [4.78, 5) is 14.3. The maximum absolute atomic E-state index is 12.4. The molecule has 0 saturated heterocycles. The molecule has 1 unspecified atom stereocenters. The molecule has 1 aromatic carbocycles. The summed E-state index contributed by atoms with van der Waals surface area (Å²) in [6.07, 6.45) is 6.08. The summed E-state index contributed by atoms with van der Waals surface area (Å²) in [6, 6.07) is 8.27. The van der Waals surface area contributed by atoms with Gasteiger partial charge in [0.2, 0.25) is 5.91 Å². The van der Waals surface area contributed by atoms with Crippen molar-refractivity contribution in [1.82, 2.24) is 4.90 Å². The van der Waals surface area contributed by atoms with Crippen LogP contribution in [0.2, 0.25) is 0 Å². The second-order valence-electron chi connectivity index (χ2n) is 5.44. The molecular weight excluding hydrogens is 268 g/mol. The first kappa shape index (κ1) is 15.4. The molecule has 0 radical (unpaired) electrons. The van der Waals surface area contributed by atoms with Gasteiger partial charge in [-0.15, -0.1) is 0 Å². The molecule has 4 heteroatoms. The average molecular weight is 292 g/mol. The summed E-state index contributed by atoms with van der Waals surface area (Å²) in [7, 11) is 1.90. The lowest BCUT2D eigenvalue weighted by Crippen LogP contribution is -2.44. The Morgan fingerprint density at radius 2 is 2.25 bits per heavy atom. The molecule has 0 heterocycles. The molecule has 1 aliphatic carbocycles. The lowest BCUT2D eigenvalue weighted by molar-refractivity contribution is -0.133. The molecule has 110 valence electrons. The third kappa shape index (κ3) is 3.36. The lowest BCUT2D eigenvalue weighted by atomic mass is 9.87. The van der Waals surface area contributed by atoms with Crippen LogP contribution < -0.4 is 5.73 Å². The first-order valence-corrected chi connectivity index (χ1v) is 8.63. The SMILES string of the molecule is CSCC[C@@H](N)C(=O)N(C)C1CCCc2ccccc21. The first-order chi connectivity index (χ1) is 9.65. The molecule has 0 bridgehead atoms. The van der Waals surface area contributed by atoms with Gasteiger partial charge >= 0.3 is 0 Å².